The Morgan fingerprint density at radius 2 is 1.81 bits per heavy atom. The number of ether oxygens (including phenoxy) is 1. The van der Waals surface area contributed by atoms with Crippen LogP contribution < -0.4 is 4.74 Å². The van der Waals surface area contributed by atoms with Crippen LogP contribution in [0.4, 0.5) is 0 Å². The molecule has 0 N–H and O–H groups in total. The summed E-state index contributed by atoms with van der Waals surface area (Å²) >= 11 is 5.97. The molecule has 0 saturated carbocycles. The molecule has 1 fully saturated rings. The molecule has 0 bridgehead atoms. The highest BCUT2D eigenvalue weighted by molar-refractivity contribution is 6.31. The number of nitrogens with zero attached hydrogens (tertiary/aromatic N) is 2. The van der Waals surface area contributed by atoms with Crippen LogP contribution in [0.15, 0.2) is 18.2 Å². The lowest BCUT2D eigenvalue weighted by Crippen LogP contribution is -2.36. The number of halogens is 1. The Bertz CT molecular complexity index is 548. The minimum absolute atomic E-state index is 0.0460. The van der Waals surface area contributed by atoms with Gasteiger partial charge in [-0.05, 0) is 24.6 Å². The fourth-order valence-electron chi connectivity index (χ4n) is 2.45. The number of hydrogen-bond donors (Lipinski definition) is 0. The van der Waals surface area contributed by atoms with Gasteiger partial charge in [-0.15, -0.1) is 0 Å². The minimum atomic E-state index is -0.111. The number of methoxy groups -OCH3 is 1. The lowest BCUT2D eigenvalue weighted by Gasteiger charge is -2.22. The van der Waals surface area contributed by atoms with E-state index in [1.54, 1.807) is 34.9 Å². The number of rotatable bonds is 2. The molecule has 5 nitrogen and oxygen atoms in total. The summed E-state index contributed by atoms with van der Waals surface area (Å²) in [7, 11) is 1.53. The monoisotopic (exact) mass is 310 g/mol. The van der Waals surface area contributed by atoms with Crippen molar-refractivity contribution >= 4 is 23.4 Å². The van der Waals surface area contributed by atoms with E-state index in [9.17, 15) is 9.59 Å². The highest BCUT2D eigenvalue weighted by Crippen LogP contribution is 2.24. The van der Waals surface area contributed by atoms with E-state index in [0.29, 0.717) is 42.5 Å². The normalized spacial score (nSPS) is 15.6. The molecule has 0 unspecified atom stereocenters. The lowest BCUT2D eigenvalue weighted by atomic mass is 10.1. The van der Waals surface area contributed by atoms with Gasteiger partial charge in [0.05, 0.1) is 12.7 Å². The highest BCUT2D eigenvalue weighted by Gasteiger charge is 2.23. The quantitative estimate of drug-likeness (QED) is 0.840. The molecular formula is C15H19ClN2O3. The Kier molecular flexibility index (Phi) is 5.07. The zero-order valence-electron chi connectivity index (χ0n) is 12.3. The molecule has 114 valence electrons. The molecule has 0 atom stereocenters. The Morgan fingerprint density at radius 1 is 1.14 bits per heavy atom. The van der Waals surface area contributed by atoms with Crippen molar-refractivity contribution in [3.8, 4) is 5.75 Å². The van der Waals surface area contributed by atoms with Crippen LogP contribution in [0.25, 0.3) is 0 Å². The third-order valence-electron chi connectivity index (χ3n) is 3.62. The summed E-state index contributed by atoms with van der Waals surface area (Å²) in [5, 5.41) is 0.499. The first-order valence-corrected chi connectivity index (χ1v) is 7.29. The number of amides is 2. The smallest absolute Gasteiger partial charge is 0.257 e. The van der Waals surface area contributed by atoms with Crippen LogP contribution >= 0.6 is 11.6 Å². The van der Waals surface area contributed by atoms with Gasteiger partial charge in [0.25, 0.3) is 5.91 Å². The van der Waals surface area contributed by atoms with Crippen molar-refractivity contribution in [3.63, 3.8) is 0 Å². The average Bonchev–Trinajstić information content (AvgIpc) is 2.72. The zero-order valence-corrected chi connectivity index (χ0v) is 13.0. The van der Waals surface area contributed by atoms with Gasteiger partial charge in [0.2, 0.25) is 5.91 Å². The maximum atomic E-state index is 12.6. The lowest BCUT2D eigenvalue weighted by molar-refractivity contribution is -0.128. The van der Waals surface area contributed by atoms with Gasteiger partial charge < -0.3 is 14.5 Å². The second-order valence-corrected chi connectivity index (χ2v) is 5.43. The van der Waals surface area contributed by atoms with Crippen molar-refractivity contribution in [2.24, 2.45) is 0 Å². The standard InChI is InChI=1S/C15H19ClN2O3/c1-11(19)17-6-3-7-18(9-8-17)15(20)13-10-12(16)4-5-14(13)21-2/h4-5,10H,3,6-9H2,1-2H3. The summed E-state index contributed by atoms with van der Waals surface area (Å²) in [4.78, 5) is 27.6. The Morgan fingerprint density at radius 3 is 2.48 bits per heavy atom. The Balaban J connectivity index is 2.16. The number of carbonyl (C=O) groups is 2. The van der Waals surface area contributed by atoms with Crippen LogP contribution in [-0.4, -0.2) is 54.9 Å². The van der Waals surface area contributed by atoms with Crippen LogP contribution in [0.2, 0.25) is 5.02 Å². The average molecular weight is 311 g/mol. The molecule has 21 heavy (non-hydrogen) atoms. The van der Waals surface area contributed by atoms with Gasteiger partial charge in [-0.3, -0.25) is 9.59 Å². The molecule has 1 saturated heterocycles. The van der Waals surface area contributed by atoms with Crippen molar-refractivity contribution < 1.29 is 14.3 Å². The van der Waals surface area contributed by atoms with Crippen molar-refractivity contribution in [1.82, 2.24) is 9.80 Å². The van der Waals surface area contributed by atoms with Crippen LogP contribution in [0, 0.1) is 0 Å². The third kappa shape index (κ3) is 3.67. The van der Waals surface area contributed by atoms with Crippen LogP contribution in [0.5, 0.6) is 5.75 Å². The fraction of sp³-hybridized carbons (Fsp3) is 0.467. The van der Waals surface area contributed by atoms with E-state index in [1.807, 2.05) is 0 Å². The number of hydrogen-bond acceptors (Lipinski definition) is 3. The predicted molar refractivity (Wildman–Crippen MR) is 80.8 cm³/mol. The molecule has 2 amide bonds. The zero-order chi connectivity index (χ0) is 15.4. The topological polar surface area (TPSA) is 49.9 Å². The van der Waals surface area contributed by atoms with E-state index in [1.165, 1.54) is 7.11 Å². The molecule has 1 aromatic carbocycles. The molecule has 1 heterocycles. The van der Waals surface area contributed by atoms with E-state index < -0.39 is 0 Å². The van der Waals surface area contributed by atoms with Crippen LogP contribution in [-0.2, 0) is 4.79 Å². The van der Waals surface area contributed by atoms with Crippen molar-refractivity contribution in [1.29, 1.82) is 0 Å². The maximum absolute atomic E-state index is 12.6. The summed E-state index contributed by atoms with van der Waals surface area (Å²) in [6, 6.07) is 5.00. The molecule has 2 rings (SSSR count). The predicted octanol–water partition coefficient (Wildman–Crippen LogP) is 2.04. The summed E-state index contributed by atoms with van der Waals surface area (Å²) in [5.41, 5.74) is 0.460. The summed E-state index contributed by atoms with van der Waals surface area (Å²) in [5.74, 6) is 0.446. The van der Waals surface area contributed by atoms with Gasteiger partial charge in [-0.1, -0.05) is 11.6 Å². The second-order valence-electron chi connectivity index (χ2n) is 5.00. The van der Waals surface area contributed by atoms with Crippen LogP contribution in [0.1, 0.15) is 23.7 Å². The van der Waals surface area contributed by atoms with Crippen molar-refractivity contribution in [2.75, 3.05) is 33.3 Å². The molecule has 0 aromatic heterocycles. The minimum Gasteiger partial charge on any atom is -0.496 e. The SMILES string of the molecule is COc1ccc(Cl)cc1C(=O)N1CCCN(C(C)=O)CC1. The summed E-state index contributed by atoms with van der Waals surface area (Å²) < 4.78 is 5.23. The summed E-state index contributed by atoms with van der Waals surface area (Å²) in [6.45, 7) is 3.94. The first-order chi connectivity index (χ1) is 10.0. The Hall–Kier alpha value is -1.75. The fourth-order valence-corrected chi connectivity index (χ4v) is 2.63. The van der Waals surface area contributed by atoms with Gasteiger partial charge in [-0.25, -0.2) is 0 Å². The third-order valence-corrected chi connectivity index (χ3v) is 3.86. The van der Waals surface area contributed by atoms with Crippen molar-refractivity contribution in [2.45, 2.75) is 13.3 Å². The first kappa shape index (κ1) is 15.6. The van der Waals surface area contributed by atoms with E-state index in [0.717, 1.165) is 6.42 Å². The highest BCUT2D eigenvalue weighted by atomic mass is 35.5. The first-order valence-electron chi connectivity index (χ1n) is 6.91. The van der Waals surface area contributed by atoms with Gasteiger partial charge >= 0.3 is 0 Å². The molecule has 1 aromatic rings. The molecule has 0 spiro atoms. The summed E-state index contributed by atoms with van der Waals surface area (Å²) in [6.07, 6.45) is 0.772. The Labute approximate surface area is 129 Å². The van der Waals surface area contributed by atoms with Gasteiger partial charge in [0.1, 0.15) is 5.75 Å². The van der Waals surface area contributed by atoms with Crippen LogP contribution in [0.3, 0.4) is 0 Å². The maximum Gasteiger partial charge on any atom is 0.257 e. The molecule has 0 aliphatic carbocycles. The van der Waals surface area contributed by atoms with Crippen molar-refractivity contribution in [3.05, 3.63) is 28.8 Å². The molecule has 1 aliphatic rings. The number of carbonyl (C=O) groups excluding carboxylic acids is 2. The van der Waals surface area contributed by atoms with Gasteiger partial charge in [0.15, 0.2) is 0 Å². The largest absolute Gasteiger partial charge is 0.496 e. The molecule has 1 aliphatic heterocycles. The molecular weight excluding hydrogens is 292 g/mol. The van der Waals surface area contributed by atoms with E-state index in [-0.39, 0.29) is 11.8 Å². The molecule has 6 heteroatoms. The number of benzene rings is 1. The van der Waals surface area contributed by atoms with Gasteiger partial charge in [0, 0.05) is 38.1 Å². The van der Waals surface area contributed by atoms with E-state index >= 15 is 0 Å². The molecule has 0 radical (unpaired) electrons. The van der Waals surface area contributed by atoms with Gasteiger partial charge in [-0.2, -0.15) is 0 Å². The van der Waals surface area contributed by atoms with E-state index in [2.05, 4.69) is 0 Å². The second kappa shape index (κ2) is 6.80. The van der Waals surface area contributed by atoms with E-state index in [4.69, 9.17) is 16.3 Å².